The molecular formula is C19H18ClN3OS. The molecule has 128 valence electrons. The minimum atomic E-state index is 0.603. The Balaban J connectivity index is 1.66. The van der Waals surface area contributed by atoms with E-state index in [1.54, 1.807) is 11.8 Å². The van der Waals surface area contributed by atoms with Gasteiger partial charge in [-0.1, -0.05) is 47.6 Å². The smallest absolute Gasteiger partial charge is 0.191 e. The molecule has 0 aliphatic heterocycles. The van der Waals surface area contributed by atoms with Crippen molar-refractivity contribution in [2.75, 3.05) is 12.4 Å². The van der Waals surface area contributed by atoms with Crippen molar-refractivity contribution in [3.63, 3.8) is 0 Å². The number of para-hydroxylation sites is 1. The van der Waals surface area contributed by atoms with Crippen LogP contribution in [0.4, 0.5) is 0 Å². The van der Waals surface area contributed by atoms with Crippen LogP contribution in [0.2, 0.25) is 5.02 Å². The lowest BCUT2D eigenvalue weighted by Gasteiger charge is -2.08. The van der Waals surface area contributed by atoms with Gasteiger partial charge in [-0.2, -0.15) is 0 Å². The normalized spacial score (nSPS) is 10.6. The van der Waals surface area contributed by atoms with Gasteiger partial charge in [0.15, 0.2) is 11.0 Å². The summed E-state index contributed by atoms with van der Waals surface area (Å²) in [6.07, 6.45) is 1.84. The fraction of sp³-hybridized carbons (Fsp3) is 0.158. The predicted octanol–water partition coefficient (Wildman–Crippen LogP) is 4.96. The van der Waals surface area contributed by atoms with Crippen molar-refractivity contribution in [3.8, 4) is 17.1 Å². The van der Waals surface area contributed by atoms with Crippen LogP contribution >= 0.6 is 23.4 Å². The van der Waals surface area contributed by atoms with Crippen molar-refractivity contribution in [3.05, 3.63) is 72.3 Å². The summed E-state index contributed by atoms with van der Waals surface area (Å²) < 4.78 is 7.76. The molecule has 0 saturated carbocycles. The van der Waals surface area contributed by atoms with Gasteiger partial charge in [-0.3, -0.25) is 4.57 Å². The molecule has 3 aromatic rings. The van der Waals surface area contributed by atoms with Gasteiger partial charge in [-0.15, -0.1) is 16.8 Å². The van der Waals surface area contributed by atoms with Crippen LogP contribution in [0.3, 0.4) is 0 Å². The summed E-state index contributed by atoms with van der Waals surface area (Å²) in [6.45, 7) is 5.08. The van der Waals surface area contributed by atoms with Gasteiger partial charge in [0.05, 0.1) is 6.61 Å². The summed E-state index contributed by atoms with van der Waals surface area (Å²) in [6, 6.07) is 17.4. The van der Waals surface area contributed by atoms with Crippen molar-refractivity contribution in [1.82, 2.24) is 14.8 Å². The van der Waals surface area contributed by atoms with Crippen molar-refractivity contribution < 1.29 is 4.74 Å². The topological polar surface area (TPSA) is 39.9 Å². The molecule has 0 bridgehead atoms. The fourth-order valence-electron chi connectivity index (χ4n) is 2.31. The SMILES string of the molecule is C=CCn1c(SCCOc2ccccc2)nnc1-c1ccc(Cl)cc1. The van der Waals surface area contributed by atoms with E-state index in [-0.39, 0.29) is 0 Å². The van der Waals surface area contributed by atoms with E-state index in [9.17, 15) is 0 Å². The number of hydrogen-bond acceptors (Lipinski definition) is 4. The highest BCUT2D eigenvalue weighted by molar-refractivity contribution is 7.99. The van der Waals surface area contributed by atoms with Crippen LogP contribution in [0.5, 0.6) is 5.75 Å². The molecule has 0 saturated heterocycles. The Morgan fingerprint density at radius 2 is 1.84 bits per heavy atom. The Labute approximate surface area is 156 Å². The third kappa shape index (κ3) is 4.65. The summed E-state index contributed by atoms with van der Waals surface area (Å²) in [5.41, 5.74) is 0.978. The number of thioether (sulfide) groups is 1. The maximum absolute atomic E-state index is 5.96. The second kappa shape index (κ2) is 8.74. The van der Waals surface area contributed by atoms with Crippen molar-refractivity contribution >= 4 is 23.4 Å². The van der Waals surface area contributed by atoms with Gasteiger partial charge in [0.2, 0.25) is 0 Å². The van der Waals surface area contributed by atoms with Gasteiger partial charge in [0.25, 0.3) is 0 Å². The zero-order chi connectivity index (χ0) is 17.5. The molecule has 6 heteroatoms. The average Bonchev–Trinajstić information content (AvgIpc) is 3.03. The first-order valence-corrected chi connectivity index (χ1v) is 9.25. The van der Waals surface area contributed by atoms with Crippen molar-refractivity contribution in [1.29, 1.82) is 0 Å². The van der Waals surface area contributed by atoms with E-state index in [0.29, 0.717) is 18.2 Å². The van der Waals surface area contributed by atoms with E-state index in [1.165, 1.54) is 0 Å². The number of benzene rings is 2. The van der Waals surface area contributed by atoms with Gasteiger partial charge in [-0.25, -0.2) is 0 Å². The Kier molecular flexibility index (Phi) is 6.14. The molecule has 0 aliphatic carbocycles. The molecule has 3 rings (SSSR count). The molecule has 1 heterocycles. The zero-order valence-corrected chi connectivity index (χ0v) is 15.2. The monoisotopic (exact) mass is 371 g/mol. The lowest BCUT2D eigenvalue weighted by Crippen LogP contribution is -2.04. The average molecular weight is 372 g/mol. The third-order valence-electron chi connectivity index (χ3n) is 3.46. The molecule has 0 aliphatic rings. The first kappa shape index (κ1) is 17.6. The first-order chi connectivity index (χ1) is 12.3. The largest absolute Gasteiger partial charge is 0.493 e. The zero-order valence-electron chi connectivity index (χ0n) is 13.6. The molecule has 4 nitrogen and oxygen atoms in total. The second-order valence-electron chi connectivity index (χ2n) is 5.22. The Morgan fingerprint density at radius 1 is 1.08 bits per heavy atom. The quantitative estimate of drug-likeness (QED) is 0.319. The maximum atomic E-state index is 5.96. The number of ether oxygens (including phenoxy) is 1. The van der Waals surface area contributed by atoms with E-state index < -0.39 is 0 Å². The molecule has 0 radical (unpaired) electrons. The highest BCUT2D eigenvalue weighted by Gasteiger charge is 2.13. The van der Waals surface area contributed by atoms with Crippen molar-refractivity contribution in [2.45, 2.75) is 11.7 Å². The molecular weight excluding hydrogens is 354 g/mol. The number of allylic oxidation sites excluding steroid dienone is 1. The molecule has 0 unspecified atom stereocenters. The Morgan fingerprint density at radius 3 is 2.56 bits per heavy atom. The van der Waals surface area contributed by atoms with Crippen LogP contribution in [-0.2, 0) is 6.54 Å². The Hall–Kier alpha value is -2.24. The molecule has 0 atom stereocenters. The van der Waals surface area contributed by atoms with E-state index in [0.717, 1.165) is 28.0 Å². The standard InChI is InChI=1S/C19H18ClN3OS/c1-2-12-23-18(15-8-10-16(20)11-9-15)21-22-19(23)25-14-13-24-17-6-4-3-5-7-17/h2-11H,1,12-14H2. The van der Waals surface area contributed by atoms with Gasteiger partial charge < -0.3 is 4.74 Å². The van der Waals surface area contributed by atoms with Gasteiger partial charge in [0.1, 0.15) is 5.75 Å². The van der Waals surface area contributed by atoms with Gasteiger partial charge >= 0.3 is 0 Å². The summed E-state index contributed by atoms with van der Waals surface area (Å²) >= 11 is 7.58. The van der Waals surface area contributed by atoms with E-state index in [4.69, 9.17) is 16.3 Å². The molecule has 0 N–H and O–H groups in total. The first-order valence-electron chi connectivity index (χ1n) is 7.88. The lowest BCUT2D eigenvalue weighted by atomic mass is 10.2. The number of hydrogen-bond donors (Lipinski definition) is 0. The maximum Gasteiger partial charge on any atom is 0.191 e. The molecule has 0 amide bonds. The lowest BCUT2D eigenvalue weighted by molar-refractivity contribution is 0.344. The summed E-state index contributed by atoms with van der Waals surface area (Å²) in [4.78, 5) is 0. The molecule has 2 aromatic carbocycles. The number of nitrogens with zero attached hydrogens (tertiary/aromatic N) is 3. The van der Waals surface area contributed by atoms with E-state index >= 15 is 0 Å². The fourth-order valence-corrected chi connectivity index (χ4v) is 3.20. The van der Waals surface area contributed by atoms with E-state index in [2.05, 4.69) is 16.8 Å². The van der Waals surface area contributed by atoms with Crippen LogP contribution in [0, 0.1) is 0 Å². The van der Waals surface area contributed by atoms with E-state index in [1.807, 2.05) is 65.2 Å². The third-order valence-corrected chi connectivity index (χ3v) is 4.64. The van der Waals surface area contributed by atoms with Gasteiger partial charge in [-0.05, 0) is 36.4 Å². The second-order valence-corrected chi connectivity index (χ2v) is 6.72. The van der Waals surface area contributed by atoms with Gasteiger partial charge in [0, 0.05) is 22.9 Å². The number of halogens is 1. The highest BCUT2D eigenvalue weighted by Crippen LogP contribution is 2.25. The predicted molar refractivity (Wildman–Crippen MR) is 103 cm³/mol. The summed E-state index contributed by atoms with van der Waals surface area (Å²) in [5.74, 6) is 2.46. The number of aromatic nitrogens is 3. The molecule has 0 fully saturated rings. The summed E-state index contributed by atoms with van der Waals surface area (Å²) in [5, 5.41) is 10.2. The van der Waals surface area contributed by atoms with Crippen LogP contribution in [0.15, 0.2) is 72.4 Å². The highest BCUT2D eigenvalue weighted by atomic mass is 35.5. The van der Waals surface area contributed by atoms with Crippen LogP contribution in [-0.4, -0.2) is 27.1 Å². The van der Waals surface area contributed by atoms with Crippen molar-refractivity contribution in [2.24, 2.45) is 0 Å². The molecule has 0 spiro atoms. The Bertz CT molecular complexity index is 818. The molecule has 25 heavy (non-hydrogen) atoms. The minimum Gasteiger partial charge on any atom is -0.493 e. The summed E-state index contributed by atoms with van der Waals surface area (Å²) in [7, 11) is 0. The molecule has 1 aromatic heterocycles. The minimum absolute atomic E-state index is 0.603. The van der Waals surface area contributed by atoms with Crippen LogP contribution in [0.25, 0.3) is 11.4 Å². The van der Waals surface area contributed by atoms with Crippen LogP contribution < -0.4 is 4.74 Å². The van der Waals surface area contributed by atoms with Crippen LogP contribution in [0.1, 0.15) is 0 Å². The number of rotatable bonds is 8.